The van der Waals surface area contributed by atoms with E-state index in [1.807, 2.05) is 0 Å². The zero-order valence-electron chi connectivity index (χ0n) is 40.9. The van der Waals surface area contributed by atoms with Gasteiger partial charge in [-0.2, -0.15) is 0 Å². The first-order valence-corrected chi connectivity index (χ1v) is 26.3. The molecule has 1 atom stereocenters. The molecule has 0 amide bonds. The van der Waals surface area contributed by atoms with Crippen LogP contribution in [0.25, 0.3) is 0 Å². The molecule has 0 aromatic rings. The third kappa shape index (κ3) is 48.1. The first kappa shape index (κ1) is 59.1. The topological polar surface area (TPSA) is 78.9 Å². The number of rotatable bonds is 47. The Morgan fingerprint density at radius 3 is 1.16 bits per heavy atom. The number of esters is 3. The third-order valence-electron chi connectivity index (χ3n) is 11.3. The summed E-state index contributed by atoms with van der Waals surface area (Å²) in [6, 6.07) is 0. The van der Waals surface area contributed by atoms with E-state index in [1.165, 1.54) is 148 Å². The summed E-state index contributed by atoms with van der Waals surface area (Å²) in [6.45, 7) is 6.46. The highest BCUT2D eigenvalue weighted by atomic mass is 16.6. The Morgan fingerprint density at radius 2 is 0.694 bits per heavy atom. The molecule has 0 saturated carbocycles. The van der Waals surface area contributed by atoms with Gasteiger partial charge < -0.3 is 14.2 Å². The summed E-state index contributed by atoms with van der Waals surface area (Å²) >= 11 is 0. The SMILES string of the molecule is CC/C=C\C/C=C\C/C=C\CCCC(=O)OCC(COC(=O)CCCCCCCCCCCC/C=C\C=C/CCCCC)OC(=O)CCCCCCCCCCCCCCCC. The second-order valence-electron chi connectivity index (χ2n) is 17.4. The molecule has 0 aliphatic rings. The van der Waals surface area contributed by atoms with Gasteiger partial charge in [-0.05, 0) is 70.6 Å². The molecule has 0 fully saturated rings. The van der Waals surface area contributed by atoms with E-state index < -0.39 is 6.10 Å². The molecule has 6 nitrogen and oxygen atoms in total. The van der Waals surface area contributed by atoms with E-state index >= 15 is 0 Å². The van der Waals surface area contributed by atoms with Gasteiger partial charge in [-0.15, -0.1) is 0 Å². The zero-order chi connectivity index (χ0) is 45.1. The largest absolute Gasteiger partial charge is 0.462 e. The fourth-order valence-electron chi connectivity index (χ4n) is 7.34. The van der Waals surface area contributed by atoms with Crippen LogP contribution in [0.4, 0.5) is 0 Å². The molecular formula is C56H98O6. The molecule has 1 unspecified atom stereocenters. The molecule has 0 radical (unpaired) electrons. The summed E-state index contributed by atoms with van der Waals surface area (Å²) in [6.07, 6.45) is 62.2. The van der Waals surface area contributed by atoms with Crippen LogP contribution in [0, 0.1) is 0 Å². The van der Waals surface area contributed by atoms with Gasteiger partial charge in [0.2, 0.25) is 0 Å². The van der Waals surface area contributed by atoms with Crippen LogP contribution >= 0.6 is 0 Å². The maximum atomic E-state index is 12.8. The van der Waals surface area contributed by atoms with Crippen LogP contribution in [-0.4, -0.2) is 37.2 Å². The van der Waals surface area contributed by atoms with E-state index in [2.05, 4.69) is 81.5 Å². The van der Waals surface area contributed by atoms with Crippen LogP contribution in [-0.2, 0) is 28.6 Å². The van der Waals surface area contributed by atoms with Crippen molar-refractivity contribution < 1.29 is 28.6 Å². The third-order valence-corrected chi connectivity index (χ3v) is 11.3. The fraction of sp³-hybridized carbons (Fsp3) is 0.768. The van der Waals surface area contributed by atoms with Crippen LogP contribution < -0.4 is 0 Å². The monoisotopic (exact) mass is 867 g/mol. The molecule has 0 aromatic carbocycles. The van der Waals surface area contributed by atoms with E-state index in [4.69, 9.17) is 14.2 Å². The van der Waals surface area contributed by atoms with E-state index in [0.29, 0.717) is 19.3 Å². The summed E-state index contributed by atoms with van der Waals surface area (Å²) in [7, 11) is 0. The minimum atomic E-state index is -0.792. The van der Waals surface area contributed by atoms with Crippen molar-refractivity contribution in [1.29, 1.82) is 0 Å². The Balaban J connectivity index is 4.35. The van der Waals surface area contributed by atoms with E-state index in [9.17, 15) is 14.4 Å². The Morgan fingerprint density at radius 1 is 0.355 bits per heavy atom. The lowest BCUT2D eigenvalue weighted by Gasteiger charge is -2.18. The van der Waals surface area contributed by atoms with Crippen LogP contribution in [0.2, 0.25) is 0 Å². The number of allylic oxidation sites excluding steroid dienone is 10. The molecule has 0 heterocycles. The average Bonchev–Trinajstić information content (AvgIpc) is 3.27. The van der Waals surface area contributed by atoms with Gasteiger partial charge in [-0.3, -0.25) is 14.4 Å². The Bertz CT molecular complexity index is 1130. The quantitative estimate of drug-likeness (QED) is 0.0199. The predicted octanol–water partition coefficient (Wildman–Crippen LogP) is 17.3. The molecule has 0 aliphatic carbocycles. The van der Waals surface area contributed by atoms with E-state index in [0.717, 1.165) is 64.2 Å². The average molecular weight is 867 g/mol. The van der Waals surface area contributed by atoms with Gasteiger partial charge in [0, 0.05) is 19.3 Å². The minimum Gasteiger partial charge on any atom is -0.462 e. The molecule has 62 heavy (non-hydrogen) atoms. The van der Waals surface area contributed by atoms with Crippen molar-refractivity contribution in [3.63, 3.8) is 0 Å². The predicted molar refractivity (Wildman–Crippen MR) is 265 cm³/mol. The van der Waals surface area contributed by atoms with Crippen LogP contribution in [0.5, 0.6) is 0 Å². The van der Waals surface area contributed by atoms with E-state index in [1.54, 1.807) is 0 Å². The summed E-state index contributed by atoms with van der Waals surface area (Å²) in [5, 5.41) is 0. The fourth-order valence-corrected chi connectivity index (χ4v) is 7.34. The smallest absolute Gasteiger partial charge is 0.306 e. The van der Waals surface area contributed by atoms with E-state index in [-0.39, 0.29) is 37.5 Å². The van der Waals surface area contributed by atoms with Crippen LogP contribution in [0.1, 0.15) is 258 Å². The zero-order valence-corrected chi connectivity index (χ0v) is 40.9. The van der Waals surface area contributed by atoms with Crippen molar-refractivity contribution in [3.8, 4) is 0 Å². The normalized spacial score (nSPS) is 12.5. The van der Waals surface area contributed by atoms with Gasteiger partial charge in [0.15, 0.2) is 6.10 Å². The maximum absolute atomic E-state index is 12.8. The number of carbonyl (C=O) groups excluding carboxylic acids is 3. The standard InChI is InChI=1S/C56H98O6/c1-4-7-10-13-16-19-22-24-26-27-28-29-30-32-34-37-40-43-46-49-55(58)61-52-53(51-60-54(57)48-45-42-39-36-33-21-18-15-12-9-6-3)62-56(59)50-47-44-41-38-35-31-25-23-20-17-14-11-8-5-2/h9,12,16,18-19,21-22,24,36,39,53H,4-8,10-11,13-15,17,20,23,25-35,37-38,40-52H2,1-3H3/b12-9-,19-16-,21-18-,24-22-,39-36-. The highest BCUT2D eigenvalue weighted by Crippen LogP contribution is 2.15. The molecule has 0 bridgehead atoms. The Labute approximate surface area is 383 Å². The lowest BCUT2D eigenvalue weighted by molar-refractivity contribution is -0.167. The second kappa shape index (κ2) is 50.8. The molecule has 0 spiro atoms. The van der Waals surface area contributed by atoms with Crippen molar-refractivity contribution in [2.75, 3.05) is 13.2 Å². The summed E-state index contributed by atoms with van der Waals surface area (Å²) in [4.78, 5) is 37.9. The second-order valence-corrected chi connectivity index (χ2v) is 17.4. The number of ether oxygens (including phenoxy) is 3. The van der Waals surface area contributed by atoms with Gasteiger partial charge in [-0.25, -0.2) is 0 Å². The van der Waals surface area contributed by atoms with Gasteiger partial charge in [0.25, 0.3) is 0 Å². The first-order valence-electron chi connectivity index (χ1n) is 26.3. The van der Waals surface area contributed by atoms with Gasteiger partial charge >= 0.3 is 17.9 Å². The molecule has 0 saturated heterocycles. The summed E-state index contributed by atoms with van der Waals surface area (Å²) in [5.74, 6) is -0.943. The van der Waals surface area contributed by atoms with Crippen molar-refractivity contribution in [1.82, 2.24) is 0 Å². The molecule has 6 heteroatoms. The first-order chi connectivity index (χ1) is 30.5. The van der Waals surface area contributed by atoms with Gasteiger partial charge in [0.1, 0.15) is 13.2 Å². The molecular weight excluding hydrogens is 769 g/mol. The van der Waals surface area contributed by atoms with Gasteiger partial charge in [-0.1, -0.05) is 229 Å². The lowest BCUT2D eigenvalue weighted by atomic mass is 10.0. The van der Waals surface area contributed by atoms with Crippen molar-refractivity contribution in [2.45, 2.75) is 264 Å². The molecule has 0 rings (SSSR count). The minimum absolute atomic E-state index is 0.0897. The maximum Gasteiger partial charge on any atom is 0.306 e. The van der Waals surface area contributed by atoms with Crippen LogP contribution in [0.3, 0.4) is 0 Å². The molecule has 0 aromatic heterocycles. The molecule has 0 N–H and O–H groups in total. The lowest BCUT2D eigenvalue weighted by Crippen LogP contribution is -2.30. The summed E-state index contributed by atoms with van der Waals surface area (Å²) < 4.78 is 16.7. The highest BCUT2D eigenvalue weighted by Gasteiger charge is 2.19. The van der Waals surface area contributed by atoms with Gasteiger partial charge in [0.05, 0.1) is 0 Å². The van der Waals surface area contributed by atoms with Crippen LogP contribution in [0.15, 0.2) is 60.8 Å². The van der Waals surface area contributed by atoms with Crippen molar-refractivity contribution in [3.05, 3.63) is 60.8 Å². The number of unbranched alkanes of at least 4 members (excludes halogenated alkanes) is 27. The van der Waals surface area contributed by atoms with Crippen molar-refractivity contribution >= 4 is 17.9 Å². The summed E-state index contributed by atoms with van der Waals surface area (Å²) in [5.41, 5.74) is 0. The highest BCUT2D eigenvalue weighted by molar-refractivity contribution is 5.71. The van der Waals surface area contributed by atoms with Crippen molar-refractivity contribution in [2.24, 2.45) is 0 Å². The Kier molecular flexibility index (Phi) is 48.4. The number of hydrogen-bond acceptors (Lipinski definition) is 6. The molecule has 358 valence electrons. The number of carbonyl (C=O) groups is 3. The Hall–Kier alpha value is -2.89. The molecule has 0 aliphatic heterocycles. The number of hydrogen-bond donors (Lipinski definition) is 0.